The van der Waals surface area contributed by atoms with E-state index in [1.54, 1.807) is 19.4 Å². The predicted molar refractivity (Wildman–Crippen MR) is 117 cm³/mol. The molecule has 4 aromatic heterocycles. The van der Waals surface area contributed by atoms with Gasteiger partial charge in [-0.25, -0.2) is 15.0 Å². The number of hydrogen-bond donors (Lipinski definition) is 0. The van der Waals surface area contributed by atoms with Gasteiger partial charge in [0.2, 0.25) is 5.88 Å². The molecule has 0 atom stereocenters. The Morgan fingerprint density at radius 1 is 1.03 bits per heavy atom. The van der Waals surface area contributed by atoms with Crippen molar-refractivity contribution < 1.29 is 4.74 Å². The number of nitrogens with zero attached hydrogens (tertiary/aromatic N) is 6. The van der Waals surface area contributed by atoms with Gasteiger partial charge in [-0.2, -0.15) is 4.98 Å². The van der Waals surface area contributed by atoms with E-state index in [0.29, 0.717) is 28.1 Å². The summed E-state index contributed by atoms with van der Waals surface area (Å²) in [5.74, 6) is 1.35. The van der Waals surface area contributed by atoms with Crippen LogP contribution >= 0.6 is 23.2 Å². The third-order valence-electron chi connectivity index (χ3n) is 4.96. The van der Waals surface area contributed by atoms with Crippen molar-refractivity contribution in [3.63, 3.8) is 0 Å². The largest absolute Gasteiger partial charge is 0.479 e. The number of benzene rings is 1. The first kappa shape index (κ1) is 18.8. The van der Waals surface area contributed by atoms with Crippen LogP contribution in [0.3, 0.4) is 0 Å². The summed E-state index contributed by atoms with van der Waals surface area (Å²) in [4.78, 5) is 17.7. The van der Waals surface area contributed by atoms with Crippen LogP contribution in [0.25, 0.3) is 27.9 Å². The number of aryl methyl sites for hydroxylation is 1. The van der Waals surface area contributed by atoms with Crippen molar-refractivity contribution >= 4 is 45.4 Å². The second kappa shape index (κ2) is 7.27. The molecule has 0 fully saturated rings. The standard InChI is InChI=1S/C21H16Cl2N6O/c1-12-27-20-18(29(12)10-13-5-14(22)7-15(23)6-13)8-16(9-24-20)28-4-3-17-19(28)21(30-2)26-11-25-17/h3-9,11H,10H2,1-2H3. The van der Waals surface area contributed by atoms with Gasteiger partial charge in [0.15, 0.2) is 5.65 Å². The molecule has 1 aromatic carbocycles. The van der Waals surface area contributed by atoms with E-state index in [4.69, 9.17) is 27.9 Å². The lowest BCUT2D eigenvalue weighted by Crippen LogP contribution is -2.03. The smallest absolute Gasteiger partial charge is 0.241 e. The molecule has 0 unspecified atom stereocenters. The summed E-state index contributed by atoms with van der Waals surface area (Å²) in [6.45, 7) is 2.53. The summed E-state index contributed by atoms with van der Waals surface area (Å²) in [7, 11) is 1.59. The number of hydrogen-bond acceptors (Lipinski definition) is 5. The molecular formula is C21H16Cl2N6O. The maximum Gasteiger partial charge on any atom is 0.241 e. The zero-order valence-corrected chi connectivity index (χ0v) is 17.7. The Kier molecular flexibility index (Phi) is 4.56. The molecule has 0 aliphatic carbocycles. The van der Waals surface area contributed by atoms with Gasteiger partial charge >= 0.3 is 0 Å². The Bertz CT molecular complexity index is 1390. The first-order chi connectivity index (χ1) is 14.5. The zero-order chi connectivity index (χ0) is 20.8. The van der Waals surface area contributed by atoms with Crippen molar-refractivity contribution in [2.75, 3.05) is 7.11 Å². The molecule has 7 nitrogen and oxygen atoms in total. The fourth-order valence-electron chi connectivity index (χ4n) is 3.63. The number of rotatable bonds is 4. The van der Waals surface area contributed by atoms with Gasteiger partial charge in [-0.05, 0) is 42.8 Å². The Morgan fingerprint density at radius 2 is 1.83 bits per heavy atom. The van der Waals surface area contributed by atoms with E-state index in [0.717, 1.165) is 33.6 Å². The Labute approximate surface area is 181 Å². The number of ether oxygens (including phenoxy) is 1. The van der Waals surface area contributed by atoms with Gasteiger partial charge in [0, 0.05) is 22.8 Å². The third kappa shape index (κ3) is 3.16. The first-order valence-corrected chi connectivity index (χ1v) is 9.93. The normalized spacial score (nSPS) is 11.5. The molecule has 0 bridgehead atoms. The van der Waals surface area contributed by atoms with Crippen molar-refractivity contribution in [1.82, 2.24) is 29.1 Å². The number of aromatic nitrogens is 6. The van der Waals surface area contributed by atoms with Crippen molar-refractivity contribution in [2.45, 2.75) is 13.5 Å². The number of imidazole rings is 1. The van der Waals surface area contributed by atoms with Crippen molar-refractivity contribution in [1.29, 1.82) is 0 Å². The average molecular weight is 439 g/mol. The first-order valence-electron chi connectivity index (χ1n) is 9.18. The van der Waals surface area contributed by atoms with Crippen molar-refractivity contribution in [3.05, 3.63) is 70.5 Å². The molecule has 0 aliphatic heterocycles. The summed E-state index contributed by atoms with van der Waals surface area (Å²) in [6.07, 6.45) is 5.19. The Morgan fingerprint density at radius 3 is 2.60 bits per heavy atom. The van der Waals surface area contributed by atoms with E-state index in [2.05, 4.69) is 24.5 Å². The molecule has 0 radical (unpaired) electrons. The summed E-state index contributed by atoms with van der Waals surface area (Å²) in [5.41, 5.74) is 4.99. The van der Waals surface area contributed by atoms with Gasteiger partial charge in [0.05, 0.1) is 30.0 Å². The number of pyridine rings is 1. The van der Waals surface area contributed by atoms with Crippen LogP contribution in [0.5, 0.6) is 5.88 Å². The van der Waals surface area contributed by atoms with Crippen LogP contribution in [0.4, 0.5) is 0 Å². The minimum Gasteiger partial charge on any atom is -0.479 e. The highest BCUT2D eigenvalue weighted by atomic mass is 35.5. The monoisotopic (exact) mass is 438 g/mol. The highest BCUT2D eigenvalue weighted by Gasteiger charge is 2.15. The van der Waals surface area contributed by atoms with Gasteiger partial charge in [-0.1, -0.05) is 23.2 Å². The van der Waals surface area contributed by atoms with Crippen molar-refractivity contribution in [3.8, 4) is 11.6 Å². The fourth-order valence-corrected chi connectivity index (χ4v) is 4.20. The molecule has 0 saturated carbocycles. The minimum atomic E-state index is 0.503. The molecule has 0 aliphatic rings. The van der Waals surface area contributed by atoms with Crippen LogP contribution in [-0.4, -0.2) is 36.2 Å². The number of methoxy groups -OCH3 is 1. The zero-order valence-electron chi connectivity index (χ0n) is 16.2. The minimum absolute atomic E-state index is 0.503. The van der Waals surface area contributed by atoms with E-state index < -0.39 is 0 Å². The van der Waals surface area contributed by atoms with Gasteiger partial charge < -0.3 is 13.9 Å². The predicted octanol–water partition coefficient (Wildman–Crippen LogP) is 4.84. The number of fused-ring (bicyclic) bond motifs is 2. The van der Waals surface area contributed by atoms with Crippen LogP contribution in [-0.2, 0) is 6.54 Å². The highest BCUT2D eigenvalue weighted by Crippen LogP contribution is 2.28. The van der Waals surface area contributed by atoms with Crippen LogP contribution in [0.15, 0.2) is 49.1 Å². The Hall–Kier alpha value is -3.16. The second-order valence-corrected chi connectivity index (χ2v) is 7.73. The topological polar surface area (TPSA) is 70.7 Å². The van der Waals surface area contributed by atoms with E-state index >= 15 is 0 Å². The maximum absolute atomic E-state index is 6.18. The van der Waals surface area contributed by atoms with E-state index in [1.807, 2.05) is 42.0 Å². The van der Waals surface area contributed by atoms with Gasteiger partial charge in [-0.3, -0.25) is 0 Å². The molecule has 4 heterocycles. The van der Waals surface area contributed by atoms with Gasteiger partial charge in [0.1, 0.15) is 17.7 Å². The summed E-state index contributed by atoms with van der Waals surface area (Å²) in [6, 6.07) is 9.48. The fraction of sp³-hybridized carbons (Fsp3) is 0.143. The average Bonchev–Trinajstić information content (AvgIpc) is 3.28. The molecule has 0 amide bonds. The quantitative estimate of drug-likeness (QED) is 0.401. The SMILES string of the molecule is COc1ncnc2ccn(-c3cnc4nc(C)n(Cc5cc(Cl)cc(Cl)c5)c4c3)c12. The number of halogens is 2. The molecule has 0 spiro atoms. The lowest BCUT2D eigenvalue weighted by molar-refractivity contribution is 0.401. The van der Waals surface area contributed by atoms with Gasteiger partial charge in [0.25, 0.3) is 0 Å². The van der Waals surface area contributed by atoms with Crippen molar-refractivity contribution in [2.24, 2.45) is 0 Å². The third-order valence-corrected chi connectivity index (χ3v) is 5.39. The maximum atomic E-state index is 6.18. The van der Waals surface area contributed by atoms with E-state index in [-0.39, 0.29) is 0 Å². The summed E-state index contributed by atoms with van der Waals surface area (Å²) in [5, 5.41) is 1.20. The molecule has 150 valence electrons. The lowest BCUT2D eigenvalue weighted by Gasteiger charge is -2.10. The molecule has 9 heteroatoms. The van der Waals surface area contributed by atoms with Gasteiger partial charge in [-0.15, -0.1) is 0 Å². The van der Waals surface area contributed by atoms with E-state index in [1.165, 1.54) is 6.33 Å². The lowest BCUT2D eigenvalue weighted by atomic mass is 10.2. The molecule has 0 N–H and O–H groups in total. The summed E-state index contributed by atoms with van der Waals surface area (Å²) >= 11 is 12.4. The molecular weight excluding hydrogens is 423 g/mol. The molecule has 5 aromatic rings. The van der Waals surface area contributed by atoms with Crippen LogP contribution in [0.1, 0.15) is 11.4 Å². The highest BCUT2D eigenvalue weighted by molar-refractivity contribution is 6.34. The molecule has 5 rings (SSSR count). The molecule has 30 heavy (non-hydrogen) atoms. The van der Waals surface area contributed by atoms with Crippen LogP contribution in [0.2, 0.25) is 10.0 Å². The summed E-state index contributed by atoms with van der Waals surface area (Å²) < 4.78 is 9.48. The van der Waals surface area contributed by atoms with E-state index in [9.17, 15) is 0 Å². The van der Waals surface area contributed by atoms with Crippen LogP contribution < -0.4 is 4.74 Å². The Balaban J connectivity index is 1.66. The molecule has 0 saturated heterocycles. The second-order valence-electron chi connectivity index (χ2n) is 6.86. The van der Waals surface area contributed by atoms with Crippen LogP contribution in [0, 0.1) is 6.92 Å².